The number of rotatable bonds is 10. The lowest BCUT2D eigenvalue weighted by Gasteiger charge is -2.17. The molecule has 0 fully saturated rings. The summed E-state index contributed by atoms with van der Waals surface area (Å²) in [5, 5.41) is 13.0. The second kappa shape index (κ2) is 9.86. The first kappa shape index (κ1) is 20.6. The van der Waals surface area contributed by atoms with Gasteiger partial charge in [0.25, 0.3) is 0 Å². The Labute approximate surface area is 160 Å². The molecule has 2 N–H and O–H groups in total. The molecule has 0 aliphatic rings. The molecule has 7 nitrogen and oxygen atoms in total. The van der Waals surface area contributed by atoms with Crippen LogP contribution in [0.5, 0.6) is 17.2 Å². The zero-order valence-corrected chi connectivity index (χ0v) is 16.6. The van der Waals surface area contributed by atoms with Crippen LogP contribution in [0.25, 0.3) is 11.1 Å². The van der Waals surface area contributed by atoms with E-state index in [0.717, 1.165) is 35.3 Å². The minimum atomic E-state index is 0.306. The first-order valence-corrected chi connectivity index (χ1v) is 8.79. The van der Waals surface area contributed by atoms with Gasteiger partial charge in [-0.3, -0.25) is 0 Å². The van der Waals surface area contributed by atoms with Crippen molar-refractivity contribution in [1.82, 2.24) is 10.3 Å². The van der Waals surface area contributed by atoms with Crippen LogP contribution in [0.2, 0.25) is 0 Å². The van der Waals surface area contributed by atoms with Crippen molar-refractivity contribution in [2.45, 2.75) is 26.5 Å². The molecule has 0 unspecified atom stereocenters. The Balaban J connectivity index is 2.71. The van der Waals surface area contributed by atoms with Crippen LogP contribution in [0.3, 0.4) is 0 Å². The number of ether oxygens (including phenoxy) is 4. The molecule has 0 saturated heterocycles. The maximum absolute atomic E-state index is 9.58. The zero-order chi connectivity index (χ0) is 19.8. The van der Waals surface area contributed by atoms with Crippen LogP contribution in [-0.2, 0) is 17.9 Å². The fraction of sp³-hybridized carbons (Fsp3) is 0.450. The van der Waals surface area contributed by atoms with Crippen LogP contribution in [0.1, 0.15) is 30.3 Å². The average Bonchev–Trinajstić information content (AvgIpc) is 3.04. The summed E-state index contributed by atoms with van der Waals surface area (Å²) in [6.07, 6.45) is 1.02. The van der Waals surface area contributed by atoms with E-state index in [2.05, 4.69) is 23.3 Å². The predicted molar refractivity (Wildman–Crippen MR) is 103 cm³/mol. The topological polar surface area (TPSA) is 88.5 Å². The molecule has 0 spiro atoms. The molecule has 0 radical (unpaired) electrons. The van der Waals surface area contributed by atoms with Crippen molar-refractivity contribution in [3.63, 3.8) is 0 Å². The third-order valence-corrected chi connectivity index (χ3v) is 4.28. The van der Waals surface area contributed by atoms with E-state index in [1.165, 1.54) is 0 Å². The van der Waals surface area contributed by atoms with Gasteiger partial charge >= 0.3 is 0 Å². The molecule has 1 aromatic carbocycles. The highest BCUT2D eigenvalue weighted by Gasteiger charge is 2.25. The van der Waals surface area contributed by atoms with Gasteiger partial charge in [-0.15, -0.1) is 0 Å². The first-order valence-electron chi connectivity index (χ1n) is 8.79. The monoisotopic (exact) mass is 373 g/mol. The summed E-state index contributed by atoms with van der Waals surface area (Å²) in [6, 6.07) is 5.97. The molecule has 2 aromatic rings. The van der Waals surface area contributed by atoms with Crippen molar-refractivity contribution in [2.24, 2.45) is 0 Å². The highest BCUT2D eigenvalue weighted by atomic mass is 16.5. The molecule has 1 aromatic heterocycles. The van der Waals surface area contributed by atoms with Crippen LogP contribution >= 0.6 is 0 Å². The van der Waals surface area contributed by atoms with Gasteiger partial charge < -0.3 is 29.2 Å². The SMILES string of the molecule is CCCNCc1[nH]c(C#N)c(COC)c1-c1ccc(OC)c(OC)c1OC. The molecular formula is C20H27N3O4. The molecule has 0 amide bonds. The summed E-state index contributed by atoms with van der Waals surface area (Å²) in [5.74, 6) is 1.63. The van der Waals surface area contributed by atoms with E-state index in [9.17, 15) is 5.26 Å². The van der Waals surface area contributed by atoms with Gasteiger partial charge in [0.05, 0.1) is 27.9 Å². The minimum Gasteiger partial charge on any atom is -0.493 e. The lowest BCUT2D eigenvalue weighted by molar-refractivity contribution is 0.185. The van der Waals surface area contributed by atoms with E-state index in [0.29, 0.717) is 36.1 Å². The molecule has 0 saturated carbocycles. The number of hydrogen-bond donors (Lipinski definition) is 2. The number of nitriles is 1. The van der Waals surface area contributed by atoms with Gasteiger partial charge in [-0.1, -0.05) is 6.92 Å². The van der Waals surface area contributed by atoms with E-state index >= 15 is 0 Å². The predicted octanol–water partition coefficient (Wildman–Crippen LogP) is 3.23. The van der Waals surface area contributed by atoms with Crippen molar-refractivity contribution in [3.8, 4) is 34.4 Å². The van der Waals surface area contributed by atoms with Gasteiger partial charge in [-0.05, 0) is 25.1 Å². The normalized spacial score (nSPS) is 10.5. The molecule has 27 heavy (non-hydrogen) atoms. The Bertz CT molecular complexity index is 809. The molecule has 1 heterocycles. The maximum atomic E-state index is 9.58. The summed E-state index contributed by atoms with van der Waals surface area (Å²) in [7, 11) is 6.35. The van der Waals surface area contributed by atoms with Crippen molar-refractivity contribution >= 4 is 0 Å². The van der Waals surface area contributed by atoms with Crippen LogP contribution in [-0.4, -0.2) is 40.0 Å². The zero-order valence-electron chi connectivity index (χ0n) is 16.6. The number of nitrogens with zero attached hydrogens (tertiary/aromatic N) is 1. The van der Waals surface area contributed by atoms with Gasteiger partial charge in [-0.25, -0.2) is 0 Å². The van der Waals surface area contributed by atoms with E-state index in [1.54, 1.807) is 28.4 Å². The van der Waals surface area contributed by atoms with Gasteiger partial charge in [0.15, 0.2) is 11.5 Å². The molecule has 7 heteroatoms. The molecule has 2 rings (SSSR count). The Morgan fingerprint density at radius 1 is 1.07 bits per heavy atom. The number of aromatic nitrogens is 1. The van der Waals surface area contributed by atoms with Crippen LogP contribution in [0.15, 0.2) is 12.1 Å². The Morgan fingerprint density at radius 3 is 2.37 bits per heavy atom. The number of benzene rings is 1. The highest BCUT2D eigenvalue weighted by Crippen LogP contribution is 2.46. The Morgan fingerprint density at radius 2 is 1.81 bits per heavy atom. The quantitative estimate of drug-likeness (QED) is 0.622. The van der Waals surface area contributed by atoms with Gasteiger partial charge in [0.2, 0.25) is 5.75 Å². The summed E-state index contributed by atoms with van der Waals surface area (Å²) in [5.41, 5.74) is 3.87. The lowest BCUT2D eigenvalue weighted by atomic mass is 9.98. The van der Waals surface area contributed by atoms with Gasteiger partial charge in [0.1, 0.15) is 11.8 Å². The summed E-state index contributed by atoms with van der Waals surface area (Å²) < 4.78 is 21.9. The Kier molecular flexibility index (Phi) is 7.53. The molecule has 0 atom stereocenters. The van der Waals surface area contributed by atoms with Crippen LogP contribution < -0.4 is 19.5 Å². The van der Waals surface area contributed by atoms with Gasteiger partial charge in [-0.2, -0.15) is 5.26 Å². The summed E-state index contributed by atoms with van der Waals surface area (Å²) in [4.78, 5) is 3.23. The van der Waals surface area contributed by atoms with E-state index in [1.807, 2.05) is 12.1 Å². The van der Waals surface area contributed by atoms with E-state index < -0.39 is 0 Å². The van der Waals surface area contributed by atoms with Crippen molar-refractivity contribution < 1.29 is 18.9 Å². The Hall–Kier alpha value is -2.69. The number of methoxy groups -OCH3 is 4. The molecular weight excluding hydrogens is 346 g/mol. The highest BCUT2D eigenvalue weighted by molar-refractivity contribution is 5.81. The number of aromatic amines is 1. The third-order valence-electron chi connectivity index (χ3n) is 4.28. The summed E-state index contributed by atoms with van der Waals surface area (Å²) in [6.45, 7) is 3.89. The third kappa shape index (κ3) is 4.18. The average molecular weight is 373 g/mol. The van der Waals surface area contributed by atoms with E-state index in [4.69, 9.17) is 18.9 Å². The second-order valence-electron chi connectivity index (χ2n) is 5.94. The van der Waals surface area contributed by atoms with Crippen molar-refractivity contribution in [2.75, 3.05) is 35.0 Å². The first-order chi connectivity index (χ1) is 13.2. The molecule has 0 bridgehead atoms. The minimum absolute atomic E-state index is 0.306. The maximum Gasteiger partial charge on any atom is 0.203 e. The van der Waals surface area contributed by atoms with Crippen molar-refractivity contribution in [1.29, 1.82) is 5.26 Å². The lowest BCUT2D eigenvalue weighted by Crippen LogP contribution is -2.14. The van der Waals surface area contributed by atoms with Crippen LogP contribution in [0.4, 0.5) is 0 Å². The standard InChI is InChI=1S/C20H27N3O4/c1-6-9-22-11-16-18(14(12-24-2)15(10-21)23-16)13-7-8-17(25-3)20(27-5)19(13)26-4/h7-8,22-23H,6,9,11-12H2,1-5H3. The fourth-order valence-electron chi connectivity index (χ4n) is 3.13. The number of nitrogens with one attached hydrogen (secondary N) is 2. The number of hydrogen-bond acceptors (Lipinski definition) is 6. The smallest absolute Gasteiger partial charge is 0.203 e. The van der Waals surface area contributed by atoms with Crippen molar-refractivity contribution in [3.05, 3.63) is 29.1 Å². The molecule has 0 aliphatic heterocycles. The fourth-order valence-corrected chi connectivity index (χ4v) is 3.13. The largest absolute Gasteiger partial charge is 0.493 e. The summed E-state index contributed by atoms with van der Waals surface area (Å²) >= 11 is 0. The molecule has 0 aliphatic carbocycles. The second-order valence-corrected chi connectivity index (χ2v) is 5.94. The number of H-pyrrole nitrogens is 1. The van der Waals surface area contributed by atoms with Gasteiger partial charge in [0, 0.05) is 36.0 Å². The van der Waals surface area contributed by atoms with Crippen LogP contribution in [0, 0.1) is 11.3 Å². The van der Waals surface area contributed by atoms with E-state index in [-0.39, 0.29) is 0 Å². The molecule has 146 valence electrons.